The molecule has 0 saturated heterocycles. The van der Waals surface area contributed by atoms with Crippen molar-refractivity contribution in [3.63, 3.8) is 0 Å². The highest BCUT2D eigenvalue weighted by molar-refractivity contribution is 5.94. The number of nitrogens with zero attached hydrogens (tertiary/aromatic N) is 2. The van der Waals surface area contributed by atoms with E-state index in [-0.39, 0.29) is 5.56 Å². The summed E-state index contributed by atoms with van der Waals surface area (Å²) >= 11 is 0. The van der Waals surface area contributed by atoms with Crippen LogP contribution >= 0.6 is 0 Å². The van der Waals surface area contributed by atoms with E-state index in [0.29, 0.717) is 23.4 Å². The molecule has 1 amide bonds. The lowest BCUT2D eigenvalue weighted by Crippen LogP contribution is -2.32. The molecule has 0 unspecified atom stereocenters. The quantitative estimate of drug-likeness (QED) is 0.729. The second kappa shape index (κ2) is 7.95. The van der Waals surface area contributed by atoms with Crippen molar-refractivity contribution in [1.29, 1.82) is 0 Å². The van der Waals surface area contributed by atoms with Crippen LogP contribution in [0.4, 0.5) is 4.79 Å². The molecule has 3 aromatic rings. The molecule has 0 fully saturated rings. The Bertz CT molecular complexity index is 1100. The third-order valence-corrected chi connectivity index (χ3v) is 4.32. The van der Waals surface area contributed by atoms with Crippen LogP contribution in [0.3, 0.4) is 0 Å². The normalized spacial score (nSPS) is 11.3. The Morgan fingerprint density at radius 1 is 1.10 bits per heavy atom. The van der Waals surface area contributed by atoms with Crippen molar-refractivity contribution in [2.45, 2.75) is 32.9 Å². The monoisotopic (exact) mass is 395 g/mol. The molecule has 1 heterocycles. The number of fused-ring (bicyclic) bond motifs is 1. The largest absolute Gasteiger partial charge is 0.497 e. The van der Waals surface area contributed by atoms with Crippen molar-refractivity contribution < 1.29 is 14.3 Å². The number of nitrogens with one attached hydrogen (secondary N) is 1. The summed E-state index contributed by atoms with van der Waals surface area (Å²) in [5.41, 5.74) is 1.77. The Morgan fingerprint density at radius 2 is 1.79 bits per heavy atom. The number of hydrogen-bond acceptors (Lipinski definition) is 5. The van der Waals surface area contributed by atoms with Gasteiger partial charge in [0.15, 0.2) is 0 Å². The zero-order valence-electron chi connectivity index (χ0n) is 17.3. The van der Waals surface area contributed by atoms with Crippen LogP contribution in [0.5, 0.6) is 5.75 Å². The number of carbonyl (C=O) groups excluding carboxylic acids is 1. The van der Waals surface area contributed by atoms with E-state index in [4.69, 9.17) is 9.47 Å². The number of aromatic nitrogens is 2. The van der Waals surface area contributed by atoms with Crippen LogP contribution in [0.15, 0.2) is 47.3 Å². The Hall–Kier alpha value is -3.35. The lowest BCUT2D eigenvalue weighted by Gasteiger charge is -2.19. The highest BCUT2D eigenvalue weighted by Gasteiger charge is 2.16. The van der Waals surface area contributed by atoms with Gasteiger partial charge in [-0.3, -0.25) is 4.79 Å². The highest BCUT2D eigenvalue weighted by atomic mass is 16.6. The highest BCUT2D eigenvalue weighted by Crippen LogP contribution is 2.28. The van der Waals surface area contributed by atoms with E-state index in [9.17, 15) is 9.59 Å². The first-order valence-corrected chi connectivity index (χ1v) is 9.29. The van der Waals surface area contributed by atoms with Crippen molar-refractivity contribution in [2.75, 3.05) is 7.11 Å². The van der Waals surface area contributed by atoms with Crippen LogP contribution in [0, 0.1) is 0 Å². The molecule has 0 atom stereocenters. The van der Waals surface area contributed by atoms with Gasteiger partial charge >= 0.3 is 6.09 Å². The summed E-state index contributed by atoms with van der Waals surface area (Å²) in [5.74, 6) is 0.659. The minimum Gasteiger partial charge on any atom is -0.497 e. The van der Waals surface area contributed by atoms with Gasteiger partial charge in [-0.2, -0.15) is 5.10 Å². The number of carbonyl (C=O) groups is 1. The van der Waals surface area contributed by atoms with Gasteiger partial charge in [0.2, 0.25) is 0 Å². The Morgan fingerprint density at radius 3 is 2.41 bits per heavy atom. The van der Waals surface area contributed by atoms with E-state index >= 15 is 0 Å². The molecule has 2 aromatic carbocycles. The average Bonchev–Trinajstić information content (AvgIpc) is 2.68. The molecule has 7 nitrogen and oxygen atoms in total. The van der Waals surface area contributed by atoms with E-state index in [1.54, 1.807) is 26.3 Å². The lowest BCUT2D eigenvalue weighted by molar-refractivity contribution is 0.0523. The number of benzene rings is 2. The number of amides is 1. The van der Waals surface area contributed by atoms with E-state index in [1.807, 2.05) is 51.1 Å². The third-order valence-electron chi connectivity index (χ3n) is 4.32. The molecule has 29 heavy (non-hydrogen) atoms. The molecule has 152 valence electrons. The van der Waals surface area contributed by atoms with Gasteiger partial charge in [-0.1, -0.05) is 24.3 Å². The lowest BCUT2D eigenvalue weighted by atomic mass is 10.0. The molecule has 0 bridgehead atoms. The molecule has 0 spiro atoms. The maximum Gasteiger partial charge on any atom is 0.407 e. The number of hydrogen-bond donors (Lipinski definition) is 1. The smallest absolute Gasteiger partial charge is 0.407 e. The fourth-order valence-electron chi connectivity index (χ4n) is 2.94. The van der Waals surface area contributed by atoms with E-state index in [0.717, 1.165) is 16.5 Å². The first kappa shape index (κ1) is 20.4. The molecule has 0 saturated carbocycles. The second-order valence-electron chi connectivity index (χ2n) is 7.74. The number of methoxy groups -OCH3 is 1. The van der Waals surface area contributed by atoms with E-state index in [2.05, 4.69) is 10.4 Å². The van der Waals surface area contributed by atoms with Crippen LogP contribution in [-0.2, 0) is 18.3 Å². The first-order chi connectivity index (χ1) is 13.7. The van der Waals surface area contributed by atoms with Gasteiger partial charge in [0, 0.05) is 24.5 Å². The molecule has 0 aliphatic carbocycles. The molecular weight excluding hydrogens is 370 g/mol. The number of aryl methyl sites for hydroxylation is 1. The topological polar surface area (TPSA) is 82.5 Å². The summed E-state index contributed by atoms with van der Waals surface area (Å²) in [4.78, 5) is 24.2. The minimum absolute atomic E-state index is 0.162. The van der Waals surface area contributed by atoms with Gasteiger partial charge in [0.05, 0.1) is 18.2 Å². The number of rotatable bonds is 4. The number of alkyl carbamates (subject to hydrolysis) is 1. The fraction of sp³-hybridized carbons (Fsp3) is 0.318. The van der Waals surface area contributed by atoms with Gasteiger partial charge in [-0.15, -0.1) is 0 Å². The summed E-state index contributed by atoms with van der Waals surface area (Å²) in [6.07, 6.45) is -0.459. The first-order valence-electron chi connectivity index (χ1n) is 9.29. The summed E-state index contributed by atoms with van der Waals surface area (Å²) < 4.78 is 11.9. The summed E-state index contributed by atoms with van der Waals surface area (Å²) in [7, 11) is 3.22. The summed E-state index contributed by atoms with van der Waals surface area (Å²) in [6, 6.07) is 13.0. The Labute approximate surface area is 169 Å². The summed E-state index contributed by atoms with van der Waals surface area (Å²) in [6.45, 7) is 5.81. The van der Waals surface area contributed by atoms with Crippen LogP contribution < -0.4 is 15.6 Å². The molecule has 0 aliphatic rings. The fourth-order valence-corrected chi connectivity index (χ4v) is 2.94. The molecular formula is C22H25N3O4. The van der Waals surface area contributed by atoms with Gasteiger partial charge in [0.25, 0.3) is 5.56 Å². The molecule has 0 radical (unpaired) electrons. The van der Waals surface area contributed by atoms with E-state index in [1.165, 1.54) is 4.68 Å². The van der Waals surface area contributed by atoms with Gasteiger partial charge in [-0.25, -0.2) is 9.48 Å². The molecule has 0 aliphatic heterocycles. The second-order valence-corrected chi connectivity index (χ2v) is 7.74. The van der Waals surface area contributed by atoms with Crippen molar-refractivity contribution in [3.8, 4) is 17.0 Å². The predicted molar refractivity (Wildman–Crippen MR) is 112 cm³/mol. The predicted octanol–water partition coefficient (Wildman–Crippen LogP) is 3.63. The van der Waals surface area contributed by atoms with Gasteiger partial charge in [0.1, 0.15) is 11.4 Å². The van der Waals surface area contributed by atoms with E-state index < -0.39 is 11.7 Å². The standard InChI is InChI=1S/C22H25N3O4/c1-22(2,3)29-21(27)23-13-14-6-8-15(9-7-14)19-18-12-16(28-5)10-11-17(18)20(26)25(4)24-19/h6-12H,13H2,1-5H3,(H,23,27). The van der Waals surface area contributed by atoms with Crippen molar-refractivity contribution in [2.24, 2.45) is 7.05 Å². The molecule has 3 rings (SSSR count). The van der Waals surface area contributed by atoms with Gasteiger partial charge in [-0.05, 0) is 44.5 Å². The molecule has 1 aromatic heterocycles. The molecule has 7 heteroatoms. The Balaban J connectivity index is 1.88. The maximum atomic E-state index is 12.4. The van der Waals surface area contributed by atoms with Crippen LogP contribution in [0.1, 0.15) is 26.3 Å². The minimum atomic E-state index is -0.537. The molecule has 1 N–H and O–H groups in total. The van der Waals surface area contributed by atoms with Crippen LogP contribution in [0.2, 0.25) is 0 Å². The average molecular weight is 395 g/mol. The summed E-state index contributed by atoms with van der Waals surface area (Å²) in [5, 5.41) is 8.49. The third kappa shape index (κ3) is 4.74. The van der Waals surface area contributed by atoms with Crippen molar-refractivity contribution >= 4 is 16.9 Å². The maximum absolute atomic E-state index is 12.4. The zero-order valence-corrected chi connectivity index (χ0v) is 17.3. The van der Waals surface area contributed by atoms with Crippen molar-refractivity contribution in [1.82, 2.24) is 15.1 Å². The van der Waals surface area contributed by atoms with Crippen LogP contribution in [0.25, 0.3) is 22.0 Å². The number of ether oxygens (including phenoxy) is 2. The van der Waals surface area contributed by atoms with Crippen LogP contribution in [-0.4, -0.2) is 28.6 Å². The Kier molecular flexibility index (Phi) is 5.59. The SMILES string of the molecule is COc1ccc2c(=O)n(C)nc(-c3ccc(CNC(=O)OC(C)(C)C)cc3)c2c1. The van der Waals surface area contributed by atoms with Crippen molar-refractivity contribution in [3.05, 3.63) is 58.4 Å². The zero-order chi connectivity index (χ0) is 21.2. The van der Waals surface area contributed by atoms with Gasteiger partial charge < -0.3 is 14.8 Å².